The summed E-state index contributed by atoms with van der Waals surface area (Å²) in [6.07, 6.45) is 1.63. The van der Waals surface area contributed by atoms with Crippen molar-refractivity contribution in [1.82, 2.24) is 9.03 Å². The Morgan fingerprint density at radius 2 is 1.59 bits per heavy atom. The Morgan fingerprint density at radius 1 is 0.963 bits per heavy atom. The summed E-state index contributed by atoms with van der Waals surface area (Å²) < 4.78 is 55.2. The van der Waals surface area contributed by atoms with Crippen LogP contribution in [0.4, 0.5) is 0 Å². The molecule has 0 spiro atoms. The van der Waals surface area contributed by atoms with Crippen LogP contribution in [0.2, 0.25) is 0 Å². The lowest BCUT2D eigenvalue weighted by atomic mass is 10.2. The molecule has 27 heavy (non-hydrogen) atoms. The molecule has 6 nitrogen and oxygen atoms in total. The summed E-state index contributed by atoms with van der Waals surface area (Å²) in [7, 11) is -7.57. The molecular weight excluding hydrogens is 384 g/mol. The van der Waals surface area contributed by atoms with E-state index in [1.165, 1.54) is 28.6 Å². The second-order valence-corrected chi connectivity index (χ2v) is 10.6. The summed E-state index contributed by atoms with van der Waals surface area (Å²) in [6, 6.07) is 14.6. The van der Waals surface area contributed by atoms with Crippen LogP contribution in [-0.2, 0) is 26.6 Å². The standard InChI is InChI=1S/C19H24N2O4S2/c1-15(2)21(14-16-7-4-3-5-8-16)27(24,25)19-10-6-9-18(13-19)26(22,23)20-17-11-12-17/h3-10,13,15,17,20H,11-12,14H2,1-2H3. The van der Waals surface area contributed by atoms with Crippen LogP contribution in [0.25, 0.3) is 0 Å². The van der Waals surface area contributed by atoms with Gasteiger partial charge in [-0.1, -0.05) is 36.4 Å². The lowest BCUT2D eigenvalue weighted by Crippen LogP contribution is -2.36. The van der Waals surface area contributed by atoms with Gasteiger partial charge in [-0.25, -0.2) is 21.6 Å². The van der Waals surface area contributed by atoms with E-state index < -0.39 is 20.0 Å². The van der Waals surface area contributed by atoms with E-state index in [0.717, 1.165) is 18.4 Å². The third-order valence-electron chi connectivity index (χ3n) is 4.38. The lowest BCUT2D eigenvalue weighted by Gasteiger charge is -2.26. The van der Waals surface area contributed by atoms with E-state index >= 15 is 0 Å². The first-order valence-electron chi connectivity index (χ1n) is 8.88. The summed E-state index contributed by atoms with van der Waals surface area (Å²) in [5.74, 6) is 0. The maximum absolute atomic E-state index is 13.2. The van der Waals surface area contributed by atoms with Crippen molar-refractivity contribution in [3.05, 3.63) is 60.2 Å². The van der Waals surface area contributed by atoms with Crippen molar-refractivity contribution < 1.29 is 16.8 Å². The van der Waals surface area contributed by atoms with Gasteiger partial charge in [-0.15, -0.1) is 0 Å². The molecule has 1 N–H and O–H groups in total. The Balaban J connectivity index is 1.93. The number of hydrogen-bond acceptors (Lipinski definition) is 4. The van der Waals surface area contributed by atoms with Crippen LogP contribution in [0.5, 0.6) is 0 Å². The molecule has 2 aromatic carbocycles. The summed E-state index contributed by atoms with van der Waals surface area (Å²) in [5.41, 5.74) is 0.869. The number of rotatable bonds is 8. The van der Waals surface area contributed by atoms with Crippen LogP contribution in [-0.4, -0.2) is 33.2 Å². The van der Waals surface area contributed by atoms with Gasteiger partial charge in [0.2, 0.25) is 20.0 Å². The van der Waals surface area contributed by atoms with Crippen molar-refractivity contribution >= 4 is 20.0 Å². The van der Waals surface area contributed by atoms with Crippen LogP contribution >= 0.6 is 0 Å². The Kier molecular flexibility index (Phi) is 5.71. The Labute approximate surface area is 161 Å². The maximum atomic E-state index is 13.2. The Bertz CT molecular complexity index is 999. The highest BCUT2D eigenvalue weighted by atomic mass is 32.2. The molecular formula is C19H24N2O4S2. The quantitative estimate of drug-likeness (QED) is 0.728. The van der Waals surface area contributed by atoms with Crippen molar-refractivity contribution in [2.24, 2.45) is 0 Å². The highest BCUT2D eigenvalue weighted by molar-refractivity contribution is 7.90. The van der Waals surface area contributed by atoms with E-state index in [1.807, 2.05) is 30.3 Å². The van der Waals surface area contributed by atoms with Gasteiger partial charge in [0, 0.05) is 18.6 Å². The minimum absolute atomic E-state index is 0.0224. The summed E-state index contributed by atoms with van der Waals surface area (Å²) in [6.45, 7) is 3.82. The van der Waals surface area contributed by atoms with E-state index in [2.05, 4.69) is 4.72 Å². The second-order valence-electron chi connectivity index (χ2n) is 7.00. The molecule has 3 rings (SSSR count). The lowest BCUT2D eigenvalue weighted by molar-refractivity contribution is 0.348. The van der Waals surface area contributed by atoms with Crippen LogP contribution in [0.1, 0.15) is 32.3 Å². The van der Waals surface area contributed by atoms with E-state index in [4.69, 9.17) is 0 Å². The van der Waals surface area contributed by atoms with E-state index in [1.54, 1.807) is 13.8 Å². The topological polar surface area (TPSA) is 83.6 Å². The van der Waals surface area contributed by atoms with E-state index in [0.29, 0.717) is 0 Å². The minimum atomic E-state index is -3.85. The third-order valence-corrected chi connectivity index (χ3v) is 7.91. The molecule has 0 atom stereocenters. The maximum Gasteiger partial charge on any atom is 0.243 e. The van der Waals surface area contributed by atoms with Crippen LogP contribution in [0.15, 0.2) is 64.4 Å². The van der Waals surface area contributed by atoms with Crippen molar-refractivity contribution in [2.45, 2.75) is 55.1 Å². The molecule has 1 aliphatic carbocycles. The Hall–Kier alpha value is -1.74. The number of hydrogen-bond donors (Lipinski definition) is 1. The molecule has 0 bridgehead atoms. The van der Waals surface area contributed by atoms with Crippen molar-refractivity contribution in [3.63, 3.8) is 0 Å². The van der Waals surface area contributed by atoms with Crippen molar-refractivity contribution in [1.29, 1.82) is 0 Å². The first kappa shape index (κ1) is 20.0. The molecule has 0 unspecified atom stereocenters. The summed E-state index contributed by atoms with van der Waals surface area (Å²) >= 11 is 0. The van der Waals surface area contributed by atoms with Gasteiger partial charge < -0.3 is 0 Å². The average molecular weight is 409 g/mol. The fraction of sp³-hybridized carbons (Fsp3) is 0.368. The predicted molar refractivity (Wildman–Crippen MR) is 104 cm³/mol. The molecule has 0 heterocycles. The molecule has 1 fully saturated rings. The first-order chi connectivity index (χ1) is 12.7. The molecule has 146 valence electrons. The monoisotopic (exact) mass is 408 g/mol. The molecule has 0 aromatic heterocycles. The van der Waals surface area contributed by atoms with Gasteiger partial charge in [-0.05, 0) is 50.5 Å². The molecule has 0 aliphatic heterocycles. The SMILES string of the molecule is CC(C)N(Cc1ccccc1)S(=O)(=O)c1cccc(S(=O)(=O)NC2CC2)c1. The molecule has 0 radical (unpaired) electrons. The second kappa shape index (κ2) is 7.71. The van der Waals surface area contributed by atoms with Gasteiger partial charge >= 0.3 is 0 Å². The fourth-order valence-electron chi connectivity index (χ4n) is 2.73. The molecule has 2 aromatic rings. The van der Waals surface area contributed by atoms with Gasteiger partial charge in [0.25, 0.3) is 0 Å². The highest BCUT2D eigenvalue weighted by Gasteiger charge is 2.31. The first-order valence-corrected chi connectivity index (χ1v) is 11.8. The van der Waals surface area contributed by atoms with Crippen LogP contribution < -0.4 is 4.72 Å². The summed E-state index contributed by atoms with van der Waals surface area (Å²) in [4.78, 5) is -0.0512. The van der Waals surface area contributed by atoms with E-state index in [-0.39, 0.29) is 28.4 Å². The van der Waals surface area contributed by atoms with Gasteiger partial charge in [-0.3, -0.25) is 0 Å². The number of benzene rings is 2. The van der Waals surface area contributed by atoms with Crippen molar-refractivity contribution in [2.75, 3.05) is 0 Å². The van der Waals surface area contributed by atoms with Gasteiger partial charge in [-0.2, -0.15) is 4.31 Å². The number of nitrogens with zero attached hydrogens (tertiary/aromatic N) is 1. The number of sulfonamides is 2. The fourth-order valence-corrected chi connectivity index (χ4v) is 5.83. The zero-order chi connectivity index (χ0) is 19.7. The van der Waals surface area contributed by atoms with Crippen LogP contribution in [0.3, 0.4) is 0 Å². The zero-order valence-corrected chi connectivity index (χ0v) is 17.0. The highest BCUT2D eigenvalue weighted by Crippen LogP contribution is 2.25. The van der Waals surface area contributed by atoms with Gasteiger partial charge in [0.15, 0.2) is 0 Å². The molecule has 0 saturated heterocycles. The molecule has 1 aliphatic rings. The summed E-state index contributed by atoms with van der Waals surface area (Å²) in [5, 5.41) is 0. The third kappa shape index (κ3) is 4.76. The molecule has 1 saturated carbocycles. The van der Waals surface area contributed by atoms with Crippen LogP contribution in [0, 0.1) is 0 Å². The van der Waals surface area contributed by atoms with Crippen molar-refractivity contribution in [3.8, 4) is 0 Å². The number of nitrogens with one attached hydrogen (secondary N) is 1. The molecule has 8 heteroatoms. The average Bonchev–Trinajstić information content (AvgIpc) is 3.43. The zero-order valence-electron chi connectivity index (χ0n) is 15.4. The largest absolute Gasteiger partial charge is 0.243 e. The normalized spacial score (nSPS) is 15.4. The molecule has 0 amide bonds. The van der Waals surface area contributed by atoms with E-state index in [9.17, 15) is 16.8 Å². The Morgan fingerprint density at radius 3 is 2.19 bits per heavy atom. The minimum Gasteiger partial charge on any atom is -0.208 e. The van der Waals surface area contributed by atoms with Gasteiger partial charge in [0.1, 0.15) is 0 Å². The predicted octanol–water partition coefficient (Wildman–Crippen LogP) is 2.73. The smallest absolute Gasteiger partial charge is 0.208 e. The van der Waals surface area contributed by atoms with Gasteiger partial charge in [0.05, 0.1) is 9.79 Å².